The van der Waals surface area contributed by atoms with Gasteiger partial charge in [0.1, 0.15) is 17.3 Å². The number of aromatic nitrogens is 4. The lowest BCUT2D eigenvalue weighted by Gasteiger charge is -2.33. The summed E-state index contributed by atoms with van der Waals surface area (Å²) in [6.07, 6.45) is 6.01. The van der Waals surface area contributed by atoms with E-state index < -0.39 is 15.8 Å². The number of fused-ring (bicyclic) bond motifs is 1. The van der Waals surface area contributed by atoms with Gasteiger partial charge in [-0.1, -0.05) is 0 Å². The van der Waals surface area contributed by atoms with E-state index in [1.807, 2.05) is 13.8 Å². The molecule has 3 aromatic heterocycles. The van der Waals surface area contributed by atoms with E-state index in [4.69, 9.17) is 4.98 Å². The highest BCUT2D eigenvalue weighted by Crippen LogP contribution is 2.28. The van der Waals surface area contributed by atoms with Crippen LogP contribution in [0.2, 0.25) is 0 Å². The van der Waals surface area contributed by atoms with Crippen LogP contribution in [-0.2, 0) is 10.0 Å². The van der Waals surface area contributed by atoms with Gasteiger partial charge in [-0.05, 0) is 103 Å². The maximum absolute atomic E-state index is 13.8. The summed E-state index contributed by atoms with van der Waals surface area (Å²) < 4.78 is 42.8. The molecule has 0 radical (unpaired) electrons. The first-order valence-corrected chi connectivity index (χ1v) is 15.5. The SMILES string of the molecule is Cc1nc(NS(=O)(=O)c2ccc(F)cc2)ccc1-c1cc2cnc(N[C@H]3CC[C@H](N(C)C)CC3)nc2n(C(C)C)c1=O. The summed E-state index contributed by atoms with van der Waals surface area (Å²) in [5, 5.41) is 4.18. The van der Waals surface area contributed by atoms with Gasteiger partial charge in [0.15, 0.2) is 0 Å². The first-order valence-electron chi connectivity index (χ1n) is 14.0. The third-order valence-electron chi connectivity index (χ3n) is 7.79. The second kappa shape index (κ2) is 11.8. The number of pyridine rings is 2. The smallest absolute Gasteiger partial charge is 0.263 e. The monoisotopic (exact) mass is 593 g/mol. The zero-order valence-electron chi connectivity index (χ0n) is 24.4. The van der Waals surface area contributed by atoms with E-state index in [1.54, 1.807) is 29.8 Å². The molecule has 222 valence electrons. The number of benzene rings is 1. The Morgan fingerprint density at radius 2 is 1.69 bits per heavy atom. The molecule has 1 aliphatic carbocycles. The predicted molar refractivity (Wildman–Crippen MR) is 163 cm³/mol. The van der Waals surface area contributed by atoms with Crippen molar-refractivity contribution in [3.05, 3.63) is 70.5 Å². The quantitative estimate of drug-likeness (QED) is 0.294. The molecule has 1 saturated carbocycles. The highest BCUT2D eigenvalue weighted by atomic mass is 32.2. The zero-order valence-corrected chi connectivity index (χ0v) is 25.2. The molecule has 12 heteroatoms. The number of nitrogens with zero attached hydrogens (tertiary/aromatic N) is 5. The average Bonchev–Trinajstić information content (AvgIpc) is 2.93. The van der Waals surface area contributed by atoms with Crippen molar-refractivity contribution in [1.82, 2.24) is 24.4 Å². The first kappa shape index (κ1) is 29.6. The molecule has 1 fully saturated rings. The Kier molecular flexibility index (Phi) is 8.29. The minimum atomic E-state index is -3.97. The molecular weight excluding hydrogens is 557 g/mol. The molecule has 2 N–H and O–H groups in total. The van der Waals surface area contributed by atoms with Crippen molar-refractivity contribution < 1.29 is 12.8 Å². The topological polar surface area (TPSA) is 122 Å². The summed E-state index contributed by atoms with van der Waals surface area (Å²) >= 11 is 0. The summed E-state index contributed by atoms with van der Waals surface area (Å²) in [5.41, 5.74) is 1.78. The van der Waals surface area contributed by atoms with E-state index >= 15 is 0 Å². The minimum Gasteiger partial charge on any atom is -0.351 e. The van der Waals surface area contributed by atoms with Gasteiger partial charge in [-0.2, -0.15) is 4.98 Å². The fourth-order valence-corrected chi connectivity index (χ4v) is 6.49. The van der Waals surface area contributed by atoms with Crippen molar-refractivity contribution in [2.75, 3.05) is 24.1 Å². The Labute approximate surface area is 245 Å². The molecule has 0 spiro atoms. The molecule has 4 aromatic rings. The molecular formula is C30H36FN7O3S. The summed E-state index contributed by atoms with van der Waals surface area (Å²) in [6, 6.07) is 10.1. The molecule has 5 rings (SSSR count). The van der Waals surface area contributed by atoms with Crippen molar-refractivity contribution in [2.45, 2.75) is 69.5 Å². The molecule has 10 nitrogen and oxygen atoms in total. The van der Waals surface area contributed by atoms with Crippen LogP contribution in [0.25, 0.3) is 22.2 Å². The van der Waals surface area contributed by atoms with Gasteiger partial charge >= 0.3 is 0 Å². The van der Waals surface area contributed by atoms with E-state index in [0.29, 0.717) is 39.8 Å². The van der Waals surface area contributed by atoms with Gasteiger partial charge in [0, 0.05) is 46.5 Å². The summed E-state index contributed by atoms with van der Waals surface area (Å²) in [6.45, 7) is 5.57. The van der Waals surface area contributed by atoms with Crippen molar-refractivity contribution in [1.29, 1.82) is 0 Å². The van der Waals surface area contributed by atoms with Crippen LogP contribution < -0.4 is 15.6 Å². The van der Waals surface area contributed by atoms with Crippen molar-refractivity contribution in [3.8, 4) is 11.1 Å². The Morgan fingerprint density at radius 3 is 2.31 bits per heavy atom. The predicted octanol–water partition coefficient (Wildman–Crippen LogP) is 4.97. The van der Waals surface area contributed by atoms with Gasteiger partial charge in [-0.15, -0.1) is 0 Å². The van der Waals surface area contributed by atoms with Gasteiger partial charge < -0.3 is 10.2 Å². The van der Waals surface area contributed by atoms with Gasteiger partial charge in [0.25, 0.3) is 15.6 Å². The van der Waals surface area contributed by atoms with E-state index in [2.05, 4.69) is 39.0 Å². The van der Waals surface area contributed by atoms with Crippen LogP contribution in [0.1, 0.15) is 51.3 Å². The molecule has 1 aliphatic rings. The molecule has 0 atom stereocenters. The van der Waals surface area contributed by atoms with E-state index in [0.717, 1.165) is 37.8 Å². The van der Waals surface area contributed by atoms with Gasteiger partial charge in [0.05, 0.1) is 4.90 Å². The number of halogens is 1. The van der Waals surface area contributed by atoms with Crippen LogP contribution in [0, 0.1) is 12.7 Å². The Hall–Kier alpha value is -3.90. The second-order valence-electron chi connectivity index (χ2n) is 11.3. The van der Waals surface area contributed by atoms with Crippen LogP contribution >= 0.6 is 0 Å². The lowest BCUT2D eigenvalue weighted by molar-refractivity contribution is 0.221. The molecule has 0 amide bonds. The van der Waals surface area contributed by atoms with Crippen LogP contribution in [0.3, 0.4) is 0 Å². The zero-order chi connectivity index (χ0) is 30.2. The lowest BCUT2D eigenvalue weighted by Crippen LogP contribution is -2.36. The molecule has 1 aromatic carbocycles. The summed E-state index contributed by atoms with van der Waals surface area (Å²) in [4.78, 5) is 29.7. The Bertz CT molecular complexity index is 1760. The highest BCUT2D eigenvalue weighted by Gasteiger charge is 2.24. The molecule has 0 bridgehead atoms. The van der Waals surface area contributed by atoms with E-state index in [-0.39, 0.29) is 28.4 Å². The van der Waals surface area contributed by atoms with Gasteiger partial charge in [-0.3, -0.25) is 14.1 Å². The summed E-state index contributed by atoms with van der Waals surface area (Å²) in [7, 11) is 0.267. The third kappa shape index (κ3) is 6.14. The molecule has 42 heavy (non-hydrogen) atoms. The van der Waals surface area contributed by atoms with Crippen LogP contribution in [0.4, 0.5) is 16.2 Å². The van der Waals surface area contributed by atoms with Crippen molar-refractivity contribution in [2.24, 2.45) is 0 Å². The Morgan fingerprint density at radius 1 is 1.00 bits per heavy atom. The van der Waals surface area contributed by atoms with E-state index in [9.17, 15) is 17.6 Å². The Balaban J connectivity index is 1.44. The number of aryl methyl sites for hydroxylation is 1. The van der Waals surface area contributed by atoms with Crippen LogP contribution in [-0.4, -0.2) is 59.0 Å². The normalized spacial score (nSPS) is 17.6. The molecule has 0 aliphatic heterocycles. The fourth-order valence-electron chi connectivity index (χ4n) is 5.49. The third-order valence-corrected chi connectivity index (χ3v) is 9.16. The number of sulfonamides is 1. The van der Waals surface area contributed by atoms with Gasteiger partial charge in [0.2, 0.25) is 5.95 Å². The molecule has 0 unspecified atom stereocenters. The fraction of sp³-hybridized carbons (Fsp3) is 0.400. The second-order valence-corrected chi connectivity index (χ2v) is 13.0. The maximum Gasteiger partial charge on any atom is 0.263 e. The summed E-state index contributed by atoms with van der Waals surface area (Å²) in [5.74, 6) is 0.0623. The lowest BCUT2D eigenvalue weighted by atomic mass is 9.91. The molecule has 3 heterocycles. The van der Waals surface area contributed by atoms with Crippen LogP contribution in [0.15, 0.2) is 58.4 Å². The van der Waals surface area contributed by atoms with Crippen LogP contribution in [0.5, 0.6) is 0 Å². The number of hydrogen-bond donors (Lipinski definition) is 2. The van der Waals surface area contributed by atoms with Crippen molar-refractivity contribution >= 4 is 32.8 Å². The first-order chi connectivity index (χ1) is 19.9. The highest BCUT2D eigenvalue weighted by molar-refractivity contribution is 7.92. The van der Waals surface area contributed by atoms with Crippen molar-refractivity contribution in [3.63, 3.8) is 0 Å². The number of nitrogens with one attached hydrogen (secondary N) is 2. The largest absolute Gasteiger partial charge is 0.351 e. The van der Waals surface area contributed by atoms with E-state index in [1.165, 1.54) is 18.2 Å². The number of rotatable bonds is 8. The number of hydrogen-bond acceptors (Lipinski definition) is 8. The van der Waals surface area contributed by atoms with Gasteiger partial charge in [-0.25, -0.2) is 22.8 Å². The molecule has 0 saturated heterocycles. The minimum absolute atomic E-state index is 0.0862. The average molecular weight is 594 g/mol. The standard InChI is InChI=1S/C30H36FN7O3S/c1-18(2)38-28-20(17-32-30(35-28)34-22-8-10-23(11-9-22)37(4)5)16-26(29(38)39)25-14-15-27(33-19(25)3)36-42(40,41)24-12-6-21(31)7-13-24/h6-7,12-18,22-23H,8-11H2,1-5H3,(H,33,36)(H,32,34,35)/t22-,23-. The maximum atomic E-state index is 13.8. The number of anilines is 2.